The van der Waals surface area contributed by atoms with Gasteiger partial charge in [0.25, 0.3) is 0 Å². The normalized spacial score (nSPS) is 13.8. The van der Waals surface area contributed by atoms with Gasteiger partial charge in [-0.2, -0.15) is 75.5 Å². The van der Waals surface area contributed by atoms with Crippen LogP contribution in [0.2, 0.25) is 0 Å². The maximum absolute atomic E-state index is 4.73. The first-order valence-electron chi connectivity index (χ1n) is 31.5. The molecule has 6 radical (unpaired) electrons. The summed E-state index contributed by atoms with van der Waals surface area (Å²) in [6.45, 7) is 78.4. The average Bonchev–Trinajstić information content (AvgIpc) is 3.27. The predicted molar refractivity (Wildman–Crippen MR) is 358 cm³/mol. The predicted octanol–water partition coefficient (Wildman–Crippen LogP) is 21.5. The smallest absolute Gasteiger partial charge is 0.661 e. The van der Waals surface area contributed by atoms with Crippen molar-refractivity contribution in [3.05, 3.63) is 63.8 Å². The van der Waals surface area contributed by atoms with E-state index in [1.165, 1.54) is 19.3 Å². The van der Waals surface area contributed by atoms with Gasteiger partial charge in [-0.25, -0.2) is 0 Å². The van der Waals surface area contributed by atoms with Gasteiger partial charge in [0.2, 0.25) is 0 Å². The van der Waals surface area contributed by atoms with E-state index in [1.807, 2.05) is 0 Å². The minimum atomic E-state index is 0. The number of hydrogen-bond donors (Lipinski definition) is 0. The Balaban J connectivity index is -0.0000000720. The fourth-order valence-electron chi connectivity index (χ4n) is 6.95. The van der Waals surface area contributed by atoms with Crippen LogP contribution in [-0.4, -0.2) is 148 Å². The zero-order chi connectivity index (χ0) is 61.6. The van der Waals surface area contributed by atoms with Gasteiger partial charge in [0, 0.05) is 0 Å². The van der Waals surface area contributed by atoms with E-state index in [2.05, 4.69) is 289 Å². The molecule has 0 aliphatic carbocycles. The summed E-state index contributed by atoms with van der Waals surface area (Å²) in [6.07, 6.45) is 4.67. The minimum Gasteiger partial charge on any atom is -0.661 e. The van der Waals surface area contributed by atoms with Crippen molar-refractivity contribution in [2.75, 3.05) is 39.3 Å². The van der Waals surface area contributed by atoms with Crippen molar-refractivity contribution in [2.45, 2.75) is 370 Å². The molecule has 18 heteroatoms. The molecule has 0 spiro atoms. The molecule has 0 rings (SSSR count). The quantitative estimate of drug-likeness (QED) is 0.0545. The van der Waals surface area contributed by atoms with Crippen LogP contribution in [0.3, 0.4) is 0 Å². The van der Waals surface area contributed by atoms with Crippen LogP contribution in [0.4, 0.5) is 0 Å². The van der Waals surface area contributed by atoms with Crippen molar-refractivity contribution >= 4 is 0 Å². The molecular weight excluding hydrogens is 1280 g/mol. The van der Waals surface area contributed by atoms with Gasteiger partial charge >= 0.3 is 102 Å². The second-order valence-electron chi connectivity index (χ2n) is 26.2. The van der Waals surface area contributed by atoms with Gasteiger partial charge in [-0.05, 0) is 0 Å². The standard InChI is InChI=1S/2C12H26N2.2C11H24N2.C10H22N2.C9H20N2.6Mn/c1-9(2)13-8-11(12(5,6)7)14-10(3)4;1-7-11(6)12(14-10(4)5)8-13-9(2)3;1-8(2)11(13-10(5)6)7-12-9(3)4;1-6-7-11(13-10(4)5)8-12-9(2)3;1-6-10(12-9(4)5)7-11-8(2)3;1-7(2)10-6-9(5)11-8(3)4;;;;;;/h9-11H,8H2,1-7H3;9-12H,7-8H2,1-6H3;8-11H,7H2,1-6H3;9-11H,6-8H2,1-5H3;8-10H,6-7H2,1-5H3;7-9H,6H2,1-5H3;;;;;;/q6*-2;6*+2. The average molecular weight is 1420 g/mol. The van der Waals surface area contributed by atoms with E-state index < -0.39 is 0 Å². The Bertz CT molecular complexity index is 1180. The zero-order valence-corrected chi connectivity index (χ0v) is 67.8. The molecule has 504 valence electrons. The van der Waals surface area contributed by atoms with Gasteiger partial charge in [0.1, 0.15) is 0 Å². The zero-order valence-electron chi connectivity index (χ0n) is 60.8. The summed E-state index contributed by atoms with van der Waals surface area (Å²) >= 11 is 0. The molecule has 0 heterocycles. The van der Waals surface area contributed by atoms with E-state index in [0.29, 0.717) is 121 Å². The first-order valence-corrected chi connectivity index (χ1v) is 31.5. The number of rotatable bonds is 36. The van der Waals surface area contributed by atoms with E-state index in [9.17, 15) is 0 Å². The van der Waals surface area contributed by atoms with Crippen LogP contribution in [0.5, 0.6) is 0 Å². The molecule has 7 atom stereocenters. The molecule has 0 aromatic rings. The molecule has 83 heavy (non-hydrogen) atoms. The summed E-state index contributed by atoms with van der Waals surface area (Å²) in [6, 6.07) is 7.65. The monoisotopic (exact) mass is 1420 g/mol. The maximum Gasteiger partial charge on any atom is 2.00 e. The van der Waals surface area contributed by atoms with E-state index in [0.717, 1.165) is 45.7 Å². The molecule has 0 saturated carbocycles. The molecule has 0 bridgehead atoms. The fourth-order valence-corrected chi connectivity index (χ4v) is 6.95. The van der Waals surface area contributed by atoms with Crippen molar-refractivity contribution < 1.29 is 102 Å². The molecular formula is C65H142Mn6N12. The van der Waals surface area contributed by atoms with E-state index >= 15 is 0 Å². The van der Waals surface area contributed by atoms with Crippen LogP contribution in [-0.2, 0) is 102 Å². The Morgan fingerprint density at radius 1 is 0.277 bits per heavy atom. The number of nitrogens with zero attached hydrogens (tertiary/aromatic N) is 12. The summed E-state index contributed by atoms with van der Waals surface area (Å²) in [5, 5.41) is 54.7. The molecule has 0 saturated heterocycles. The Morgan fingerprint density at radius 2 is 0.566 bits per heavy atom. The fraction of sp³-hybridized carbons (Fsp3) is 1.00. The van der Waals surface area contributed by atoms with Crippen molar-refractivity contribution in [3.63, 3.8) is 0 Å². The Labute approximate surface area is 587 Å². The molecule has 0 fully saturated rings. The Hall–Kier alpha value is 2.64. The third-order valence-corrected chi connectivity index (χ3v) is 11.2. The summed E-state index contributed by atoms with van der Waals surface area (Å²) < 4.78 is 0. The van der Waals surface area contributed by atoms with E-state index in [4.69, 9.17) is 10.6 Å². The first kappa shape index (κ1) is 113. The van der Waals surface area contributed by atoms with E-state index in [1.54, 1.807) is 0 Å². The molecule has 0 aromatic carbocycles. The summed E-state index contributed by atoms with van der Waals surface area (Å²) in [5.74, 6) is 1.25. The van der Waals surface area contributed by atoms with Gasteiger partial charge < -0.3 is 63.8 Å². The second-order valence-corrected chi connectivity index (χ2v) is 26.2. The van der Waals surface area contributed by atoms with Gasteiger partial charge in [0.15, 0.2) is 0 Å². The van der Waals surface area contributed by atoms with Gasteiger partial charge in [-0.1, -0.05) is 278 Å². The molecule has 0 aromatic heterocycles. The molecule has 0 amide bonds. The van der Waals surface area contributed by atoms with Gasteiger partial charge in [0.05, 0.1) is 0 Å². The molecule has 0 aliphatic heterocycles. The SMILES string of the molecule is CC(C)[N-]CC(C)[N-]C(C)C.CC(C)[N-]CC([N-]C(C)C)C(C)(C)C.CC(C)[N-]CC([N-]C(C)C)C(C)C.CCC(C)C(C[N-]C(C)C)[N-]C(C)C.CCC(C[N-]C(C)C)[N-]C(C)C.CCCC(C[N-]C(C)C)[N-]C(C)C.[Mn+2].[Mn+2].[Mn+2].[Mn+2].[Mn+2].[Mn+2]. The maximum atomic E-state index is 4.73. The topological polar surface area (TPSA) is 169 Å². The third kappa shape index (κ3) is 95.9. The van der Waals surface area contributed by atoms with Crippen LogP contribution in [0.15, 0.2) is 0 Å². The third-order valence-electron chi connectivity index (χ3n) is 11.2. The van der Waals surface area contributed by atoms with Crippen LogP contribution in [0.1, 0.15) is 261 Å². The molecule has 0 aliphatic rings. The van der Waals surface area contributed by atoms with Crippen molar-refractivity contribution in [2.24, 2.45) is 17.3 Å². The Morgan fingerprint density at radius 3 is 0.855 bits per heavy atom. The summed E-state index contributed by atoms with van der Waals surface area (Å²) in [5.41, 5.74) is 0.225. The first-order chi connectivity index (χ1) is 35.3. The summed E-state index contributed by atoms with van der Waals surface area (Å²) in [4.78, 5) is 0. The van der Waals surface area contributed by atoms with Crippen molar-refractivity contribution in [3.8, 4) is 0 Å². The molecule has 12 nitrogen and oxygen atoms in total. The van der Waals surface area contributed by atoms with Crippen LogP contribution in [0.25, 0.3) is 63.8 Å². The molecule has 0 N–H and O–H groups in total. The van der Waals surface area contributed by atoms with Gasteiger partial charge in [-0.3, -0.25) is 0 Å². The molecule has 7 unspecified atom stereocenters. The van der Waals surface area contributed by atoms with Crippen LogP contribution in [0, 0.1) is 17.3 Å². The largest absolute Gasteiger partial charge is 2.00 e. The summed E-state index contributed by atoms with van der Waals surface area (Å²) in [7, 11) is 0. The van der Waals surface area contributed by atoms with Crippen molar-refractivity contribution in [1.82, 2.24) is 0 Å². The van der Waals surface area contributed by atoms with Crippen LogP contribution < -0.4 is 0 Å². The van der Waals surface area contributed by atoms with E-state index in [-0.39, 0.29) is 108 Å². The minimum absolute atomic E-state index is 0. The van der Waals surface area contributed by atoms with Crippen molar-refractivity contribution in [1.29, 1.82) is 0 Å². The van der Waals surface area contributed by atoms with Gasteiger partial charge in [-0.15, -0.1) is 72.5 Å². The Kier molecular flexibility index (Phi) is 98.2. The number of hydrogen-bond acceptors (Lipinski definition) is 0. The second kappa shape index (κ2) is 72.1. The van der Waals surface area contributed by atoms with Crippen LogP contribution >= 0.6 is 0 Å².